The topological polar surface area (TPSA) is 94.6 Å². The number of benzene rings is 1. The minimum absolute atomic E-state index is 0.0889. The van der Waals surface area contributed by atoms with Crippen LogP contribution in [0.4, 0.5) is 4.39 Å². The number of nitrogens with zero attached hydrogens (tertiary/aromatic N) is 2. The first-order valence-electron chi connectivity index (χ1n) is 8.69. The van der Waals surface area contributed by atoms with Crippen molar-refractivity contribution in [2.75, 3.05) is 6.54 Å². The number of carbonyl (C=O) groups is 2. The molecule has 1 fully saturated rings. The summed E-state index contributed by atoms with van der Waals surface area (Å²) in [5.74, 6) is -1.53. The van der Waals surface area contributed by atoms with Crippen molar-refractivity contribution in [3.8, 4) is 0 Å². The number of hydrazine groups is 1. The molecule has 0 radical (unpaired) electrons. The largest absolute Gasteiger partial charge is 0.481 e. The zero-order chi connectivity index (χ0) is 19.2. The highest BCUT2D eigenvalue weighted by molar-refractivity contribution is 5.82. The van der Waals surface area contributed by atoms with E-state index in [1.54, 1.807) is 36.7 Å². The molecule has 1 aromatic carbocycles. The lowest BCUT2D eigenvalue weighted by atomic mass is 10.0. The Morgan fingerprint density at radius 3 is 2.74 bits per heavy atom. The highest BCUT2D eigenvalue weighted by Crippen LogP contribution is 2.25. The minimum Gasteiger partial charge on any atom is -0.481 e. The van der Waals surface area contributed by atoms with E-state index >= 15 is 0 Å². The van der Waals surface area contributed by atoms with E-state index in [0.29, 0.717) is 12.0 Å². The van der Waals surface area contributed by atoms with Gasteiger partial charge in [0.2, 0.25) is 5.91 Å². The van der Waals surface area contributed by atoms with Crippen LogP contribution in [0.2, 0.25) is 0 Å². The molecule has 27 heavy (non-hydrogen) atoms. The second-order valence-electron chi connectivity index (χ2n) is 6.42. The van der Waals surface area contributed by atoms with Crippen molar-refractivity contribution in [1.82, 2.24) is 20.7 Å². The number of carbonyl (C=O) groups excluding carboxylic acids is 1. The summed E-state index contributed by atoms with van der Waals surface area (Å²) in [4.78, 5) is 29.4. The first-order valence-corrected chi connectivity index (χ1v) is 8.69. The molecule has 0 bridgehead atoms. The maximum Gasteiger partial charge on any atom is 0.305 e. The Labute approximate surface area is 156 Å². The molecule has 1 aromatic heterocycles. The molecule has 1 saturated heterocycles. The van der Waals surface area contributed by atoms with Gasteiger partial charge in [-0.3, -0.25) is 14.6 Å². The number of rotatable bonds is 7. The van der Waals surface area contributed by atoms with Gasteiger partial charge in [-0.1, -0.05) is 24.3 Å². The number of halogens is 1. The van der Waals surface area contributed by atoms with E-state index in [0.717, 1.165) is 5.56 Å². The van der Waals surface area contributed by atoms with Crippen LogP contribution in [0.5, 0.6) is 0 Å². The number of carboxylic acid groups (broad SMARTS) is 1. The predicted octanol–water partition coefficient (Wildman–Crippen LogP) is 1.63. The Kier molecular flexibility index (Phi) is 6.10. The van der Waals surface area contributed by atoms with E-state index in [4.69, 9.17) is 5.11 Å². The van der Waals surface area contributed by atoms with Gasteiger partial charge in [-0.2, -0.15) is 0 Å². The molecule has 7 nitrogen and oxygen atoms in total. The summed E-state index contributed by atoms with van der Waals surface area (Å²) < 4.78 is 14.0. The van der Waals surface area contributed by atoms with Crippen molar-refractivity contribution < 1.29 is 19.1 Å². The van der Waals surface area contributed by atoms with Gasteiger partial charge >= 0.3 is 5.97 Å². The second-order valence-corrected chi connectivity index (χ2v) is 6.42. The molecule has 3 N–H and O–H groups in total. The Morgan fingerprint density at radius 1 is 1.22 bits per heavy atom. The number of hydrogen-bond acceptors (Lipinski definition) is 5. The molecule has 0 aliphatic carbocycles. The molecular formula is C19H21FN4O3. The van der Waals surface area contributed by atoms with Gasteiger partial charge in [0.15, 0.2) is 0 Å². The lowest BCUT2D eigenvalue weighted by Gasteiger charge is -2.25. The normalized spacial score (nSPS) is 19.0. The summed E-state index contributed by atoms with van der Waals surface area (Å²) in [5.41, 5.74) is 7.18. The van der Waals surface area contributed by atoms with E-state index < -0.39 is 12.0 Å². The van der Waals surface area contributed by atoms with E-state index in [1.165, 1.54) is 11.0 Å². The number of carboxylic acids is 1. The first-order chi connectivity index (χ1) is 13.0. The monoisotopic (exact) mass is 372 g/mol. The molecule has 2 heterocycles. The molecule has 8 heteroatoms. The highest BCUT2D eigenvalue weighted by Gasteiger charge is 2.34. The van der Waals surface area contributed by atoms with Gasteiger partial charge in [0.05, 0.1) is 12.5 Å². The van der Waals surface area contributed by atoms with Gasteiger partial charge in [0.1, 0.15) is 11.9 Å². The van der Waals surface area contributed by atoms with E-state index in [-0.39, 0.29) is 37.3 Å². The van der Waals surface area contributed by atoms with Crippen molar-refractivity contribution in [3.63, 3.8) is 0 Å². The lowest BCUT2D eigenvalue weighted by molar-refractivity contribution is -0.139. The molecule has 1 aliphatic heterocycles. The lowest BCUT2D eigenvalue weighted by Crippen LogP contribution is -2.46. The molecular weight excluding hydrogens is 351 g/mol. The number of amides is 1. The van der Waals surface area contributed by atoms with Crippen LogP contribution >= 0.6 is 0 Å². The van der Waals surface area contributed by atoms with Gasteiger partial charge < -0.3 is 10.0 Å². The Balaban J connectivity index is 1.70. The quantitative estimate of drug-likeness (QED) is 0.684. The van der Waals surface area contributed by atoms with Crippen LogP contribution in [0, 0.1) is 5.82 Å². The van der Waals surface area contributed by atoms with Gasteiger partial charge in [-0.15, -0.1) is 0 Å². The van der Waals surface area contributed by atoms with E-state index in [9.17, 15) is 14.0 Å². The number of nitrogens with one attached hydrogen (secondary N) is 2. The standard InChI is InChI=1S/C19H21FN4O3/c20-15-6-2-1-5-14(15)16-10-17(23-22-16)19(27)24(9-7-18(25)26)12-13-4-3-8-21-11-13/h1-6,8,11,16-17,22-23H,7,9-10,12H2,(H,25,26). The molecule has 1 aliphatic rings. The fourth-order valence-electron chi connectivity index (χ4n) is 3.11. The zero-order valence-corrected chi connectivity index (χ0v) is 14.6. The Morgan fingerprint density at radius 2 is 2.04 bits per heavy atom. The molecule has 2 aromatic rings. The first kappa shape index (κ1) is 18.9. The average Bonchev–Trinajstić information content (AvgIpc) is 3.15. The van der Waals surface area contributed by atoms with Gasteiger partial charge in [-0.25, -0.2) is 15.2 Å². The maximum absolute atomic E-state index is 14.0. The van der Waals surface area contributed by atoms with Gasteiger partial charge in [-0.05, 0) is 24.1 Å². The number of aromatic nitrogens is 1. The van der Waals surface area contributed by atoms with Crippen molar-refractivity contribution in [2.45, 2.75) is 31.5 Å². The Hall–Kier alpha value is -2.84. The highest BCUT2D eigenvalue weighted by atomic mass is 19.1. The van der Waals surface area contributed by atoms with Crippen LogP contribution in [0.25, 0.3) is 0 Å². The van der Waals surface area contributed by atoms with Crippen molar-refractivity contribution >= 4 is 11.9 Å². The summed E-state index contributed by atoms with van der Waals surface area (Å²) in [5, 5.41) is 8.98. The number of aliphatic carboxylic acids is 1. The molecule has 0 spiro atoms. The van der Waals surface area contributed by atoms with Crippen LogP contribution in [0.15, 0.2) is 48.8 Å². The van der Waals surface area contributed by atoms with Gasteiger partial charge in [0, 0.05) is 31.0 Å². The summed E-state index contributed by atoms with van der Waals surface area (Å²) in [6.07, 6.45) is 3.50. The second kappa shape index (κ2) is 8.70. The molecule has 2 atom stereocenters. The fourth-order valence-corrected chi connectivity index (χ4v) is 3.11. The summed E-state index contributed by atoms with van der Waals surface area (Å²) >= 11 is 0. The predicted molar refractivity (Wildman–Crippen MR) is 95.7 cm³/mol. The average molecular weight is 372 g/mol. The van der Waals surface area contributed by atoms with Crippen LogP contribution in [0.1, 0.15) is 30.0 Å². The van der Waals surface area contributed by atoms with E-state index in [1.807, 2.05) is 6.07 Å². The fraction of sp³-hybridized carbons (Fsp3) is 0.316. The third-order valence-electron chi connectivity index (χ3n) is 4.49. The van der Waals surface area contributed by atoms with Crippen molar-refractivity contribution in [3.05, 3.63) is 65.7 Å². The van der Waals surface area contributed by atoms with Crippen LogP contribution < -0.4 is 10.9 Å². The van der Waals surface area contributed by atoms with Gasteiger partial charge in [0.25, 0.3) is 0 Å². The maximum atomic E-state index is 14.0. The molecule has 142 valence electrons. The number of pyridine rings is 1. The Bertz CT molecular complexity index is 803. The van der Waals surface area contributed by atoms with Crippen LogP contribution in [0.3, 0.4) is 0 Å². The molecule has 2 unspecified atom stereocenters. The molecule has 3 rings (SSSR count). The van der Waals surface area contributed by atoms with Crippen LogP contribution in [-0.2, 0) is 16.1 Å². The SMILES string of the molecule is O=C(O)CCN(Cc1cccnc1)C(=O)C1CC(c2ccccc2F)NN1. The van der Waals surface area contributed by atoms with E-state index in [2.05, 4.69) is 15.8 Å². The third-order valence-corrected chi connectivity index (χ3v) is 4.49. The van der Waals surface area contributed by atoms with Crippen molar-refractivity contribution in [2.24, 2.45) is 0 Å². The molecule has 0 saturated carbocycles. The summed E-state index contributed by atoms with van der Waals surface area (Å²) in [6.45, 7) is 0.355. The minimum atomic E-state index is -0.972. The summed E-state index contributed by atoms with van der Waals surface area (Å²) in [7, 11) is 0. The van der Waals surface area contributed by atoms with Crippen LogP contribution in [-0.4, -0.2) is 39.5 Å². The zero-order valence-electron chi connectivity index (χ0n) is 14.6. The number of hydrogen-bond donors (Lipinski definition) is 3. The summed E-state index contributed by atoms with van der Waals surface area (Å²) in [6, 6.07) is 9.12. The smallest absolute Gasteiger partial charge is 0.305 e. The molecule has 1 amide bonds. The van der Waals surface area contributed by atoms with Crippen molar-refractivity contribution in [1.29, 1.82) is 0 Å². The third kappa shape index (κ3) is 4.87.